The van der Waals surface area contributed by atoms with Crippen molar-refractivity contribution in [2.45, 2.75) is 6.92 Å². The zero-order valence-electron chi connectivity index (χ0n) is 15.9. The zero-order chi connectivity index (χ0) is 19.8. The van der Waals surface area contributed by atoms with Crippen molar-refractivity contribution in [2.24, 2.45) is 7.05 Å². The largest absolute Gasteiger partial charge is 0.335 e. The van der Waals surface area contributed by atoms with E-state index in [2.05, 4.69) is 5.10 Å². The average Bonchev–Trinajstić information content (AvgIpc) is 2.98. The van der Waals surface area contributed by atoms with E-state index in [1.807, 2.05) is 47.4 Å². The Labute approximate surface area is 168 Å². The van der Waals surface area contributed by atoms with Crippen molar-refractivity contribution in [3.8, 4) is 0 Å². The van der Waals surface area contributed by atoms with Gasteiger partial charge < -0.3 is 9.80 Å². The van der Waals surface area contributed by atoms with Crippen molar-refractivity contribution in [1.82, 2.24) is 19.6 Å². The summed E-state index contributed by atoms with van der Waals surface area (Å²) >= 11 is 6.23. The van der Waals surface area contributed by atoms with Crippen LogP contribution in [0.1, 0.15) is 26.4 Å². The number of halogens is 1. The van der Waals surface area contributed by atoms with Crippen LogP contribution >= 0.6 is 11.6 Å². The van der Waals surface area contributed by atoms with Crippen molar-refractivity contribution >= 4 is 34.2 Å². The molecule has 2 aromatic carbocycles. The Morgan fingerprint density at radius 1 is 0.929 bits per heavy atom. The molecule has 0 spiro atoms. The SMILES string of the molecule is Cc1nn(C)c(Cl)c1C(=O)N1CCN(C(=O)c2cccc3ccccc23)CC1. The minimum atomic E-state index is -0.132. The molecule has 28 heavy (non-hydrogen) atoms. The van der Waals surface area contributed by atoms with Crippen molar-refractivity contribution in [2.75, 3.05) is 26.2 Å². The van der Waals surface area contributed by atoms with E-state index in [9.17, 15) is 9.59 Å². The maximum atomic E-state index is 13.1. The van der Waals surface area contributed by atoms with Gasteiger partial charge in [0, 0.05) is 38.8 Å². The highest BCUT2D eigenvalue weighted by Crippen LogP contribution is 2.23. The summed E-state index contributed by atoms with van der Waals surface area (Å²) in [5, 5.41) is 6.55. The van der Waals surface area contributed by atoms with Crippen molar-refractivity contribution in [3.05, 3.63) is 64.4 Å². The molecule has 1 aromatic heterocycles. The van der Waals surface area contributed by atoms with E-state index in [0.717, 1.165) is 10.8 Å². The van der Waals surface area contributed by atoms with Crippen LogP contribution in [0.3, 0.4) is 0 Å². The second-order valence-corrected chi connectivity index (χ2v) is 7.34. The van der Waals surface area contributed by atoms with E-state index in [-0.39, 0.29) is 11.8 Å². The molecule has 0 aliphatic carbocycles. The summed E-state index contributed by atoms with van der Waals surface area (Å²) in [4.78, 5) is 29.5. The lowest BCUT2D eigenvalue weighted by Gasteiger charge is -2.35. The number of nitrogens with zero attached hydrogens (tertiary/aromatic N) is 4. The Hall–Kier alpha value is -2.86. The molecule has 7 heteroatoms. The molecule has 2 amide bonds. The Morgan fingerprint density at radius 3 is 2.18 bits per heavy atom. The zero-order valence-corrected chi connectivity index (χ0v) is 16.6. The Balaban J connectivity index is 1.49. The van der Waals surface area contributed by atoms with Gasteiger partial charge in [0.1, 0.15) is 5.15 Å². The smallest absolute Gasteiger partial charge is 0.259 e. The quantitative estimate of drug-likeness (QED) is 0.668. The van der Waals surface area contributed by atoms with Crippen LogP contribution in [0.4, 0.5) is 0 Å². The number of piperazine rings is 1. The molecule has 0 radical (unpaired) electrons. The van der Waals surface area contributed by atoms with Crippen LogP contribution in [-0.4, -0.2) is 57.6 Å². The van der Waals surface area contributed by atoms with Crippen LogP contribution in [0.15, 0.2) is 42.5 Å². The first-order valence-corrected chi connectivity index (χ1v) is 9.60. The number of hydrogen-bond acceptors (Lipinski definition) is 3. The molecule has 2 heterocycles. The number of rotatable bonds is 2. The number of benzene rings is 2. The van der Waals surface area contributed by atoms with Crippen LogP contribution in [-0.2, 0) is 7.05 Å². The summed E-state index contributed by atoms with van der Waals surface area (Å²) in [6.45, 7) is 3.70. The lowest BCUT2D eigenvalue weighted by molar-refractivity contribution is 0.0536. The van der Waals surface area contributed by atoms with Crippen LogP contribution in [0.25, 0.3) is 10.8 Å². The molecule has 0 unspecified atom stereocenters. The normalized spacial score (nSPS) is 14.5. The molecule has 1 aliphatic heterocycles. The van der Waals surface area contributed by atoms with Gasteiger partial charge >= 0.3 is 0 Å². The third kappa shape index (κ3) is 3.14. The molecule has 1 aliphatic rings. The standard InChI is InChI=1S/C21H21ClN4O2/c1-14-18(19(22)24(2)23-14)21(28)26-12-10-25(11-13-26)20(27)17-9-5-7-15-6-3-4-8-16(15)17/h3-9H,10-13H2,1-2H3. The first kappa shape index (κ1) is 18.5. The van der Waals surface area contributed by atoms with Crippen LogP contribution in [0, 0.1) is 6.92 Å². The first-order chi connectivity index (χ1) is 13.5. The molecule has 1 fully saturated rings. The number of amides is 2. The fourth-order valence-electron chi connectivity index (χ4n) is 3.73. The molecule has 0 bridgehead atoms. The monoisotopic (exact) mass is 396 g/mol. The summed E-state index contributed by atoms with van der Waals surface area (Å²) in [6.07, 6.45) is 0. The molecular weight excluding hydrogens is 376 g/mol. The number of hydrogen-bond donors (Lipinski definition) is 0. The van der Waals surface area contributed by atoms with E-state index in [1.165, 1.54) is 4.68 Å². The number of aryl methyl sites for hydroxylation is 2. The number of fused-ring (bicyclic) bond motifs is 1. The lowest BCUT2D eigenvalue weighted by atomic mass is 10.0. The summed E-state index contributed by atoms with van der Waals surface area (Å²) in [5.74, 6) is -0.132. The van der Waals surface area contributed by atoms with E-state index in [1.54, 1.807) is 18.9 Å². The molecular formula is C21H21ClN4O2. The maximum absolute atomic E-state index is 13.1. The van der Waals surface area contributed by atoms with Gasteiger partial charge in [-0.15, -0.1) is 0 Å². The van der Waals surface area contributed by atoms with Gasteiger partial charge in [-0.25, -0.2) is 0 Å². The number of carbonyl (C=O) groups is 2. The Bertz CT molecular complexity index is 1060. The molecule has 3 aromatic rings. The third-order valence-electron chi connectivity index (χ3n) is 5.24. The molecule has 0 atom stereocenters. The maximum Gasteiger partial charge on any atom is 0.259 e. The highest BCUT2D eigenvalue weighted by molar-refractivity contribution is 6.33. The van der Waals surface area contributed by atoms with E-state index < -0.39 is 0 Å². The van der Waals surface area contributed by atoms with Gasteiger partial charge in [-0.2, -0.15) is 5.10 Å². The second-order valence-electron chi connectivity index (χ2n) is 6.99. The average molecular weight is 397 g/mol. The Morgan fingerprint density at radius 2 is 1.54 bits per heavy atom. The number of carbonyl (C=O) groups excluding carboxylic acids is 2. The molecule has 0 N–H and O–H groups in total. The summed E-state index contributed by atoms with van der Waals surface area (Å²) in [6, 6.07) is 13.6. The second kappa shape index (κ2) is 7.28. The first-order valence-electron chi connectivity index (χ1n) is 9.23. The molecule has 6 nitrogen and oxygen atoms in total. The van der Waals surface area contributed by atoms with Gasteiger partial charge in [0.25, 0.3) is 11.8 Å². The van der Waals surface area contributed by atoms with Gasteiger partial charge in [-0.05, 0) is 23.8 Å². The van der Waals surface area contributed by atoms with Gasteiger partial charge in [-0.3, -0.25) is 14.3 Å². The molecule has 144 valence electrons. The third-order valence-corrected chi connectivity index (χ3v) is 5.67. The van der Waals surface area contributed by atoms with Crippen molar-refractivity contribution in [3.63, 3.8) is 0 Å². The van der Waals surface area contributed by atoms with Crippen molar-refractivity contribution in [1.29, 1.82) is 0 Å². The van der Waals surface area contributed by atoms with Gasteiger partial charge in [0.15, 0.2) is 0 Å². The molecule has 1 saturated heterocycles. The lowest BCUT2D eigenvalue weighted by Crippen LogP contribution is -2.50. The summed E-state index contributed by atoms with van der Waals surface area (Å²) in [5.41, 5.74) is 1.76. The summed E-state index contributed by atoms with van der Waals surface area (Å²) < 4.78 is 1.50. The van der Waals surface area contributed by atoms with Crippen LogP contribution in [0.5, 0.6) is 0 Å². The minimum absolute atomic E-state index is 0.000472. The van der Waals surface area contributed by atoms with Gasteiger partial charge in [-0.1, -0.05) is 48.0 Å². The highest BCUT2D eigenvalue weighted by atomic mass is 35.5. The van der Waals surface area contributed by atoms with Crippen LogP contribution in [0.2, 0.25) is 5.15 Å². The van der Waals surface area contributed by atoms with Crippen LogP contribution < -0.4 is 0 Å². The highest BCUT2D eigenvalue weighted by Gasteiger charge is 2.29. The Kier molecular flexibility index (Phi) is 4.81. The van der Waals surface area contributed by atoms with E-state index in [4.69, 9.17) is 11.6 Å². The van der Waals surface area contributed by atoms with E-state index >= 15 is 0 Å². The fraction of sp³-hybridized carbons (Fsp3) is 0.286. The number of aromatic nitrogens is 2. The fourth-order valence-corrected chi connectivity index (χ4v) is 3.98. The summed E-state index contributed by atoms with van der Waals surface area (Å²) in [7, 11) is 1.72. The predicted octanol–water partition coefficient (Wildman–Crippen LogP) is 3.13. The molecule has 4 rings (SSSR count). The molecule has 0 saturated carbocycles. The van der Waals surface area contributed by atoms with Crippen molar-refractivity contribution < 1.29 is 9.59 Å². The van der Waals surface area contributed by atoms with Gasteiger partial charge in [0.05, 0.1) is 11.3 Å². The van der Waals surface area contributed by atoms with E-state index in [0.29, 0.717) is 48.2 Å². The minimum Gasteiger partial charge on any atom is -0.335 e. The van der Waals surface area contributed by atoms with Gasteiger partial charge in [0.2, 0.25) is 0 Å². The topological polar surface area (TPSA) is 58.4 Å². The predicted molar refractivity (Wildman–Crippen MR) is 109 cm³/mol.